The lowest BCUT2D eigenvalue weighted by Gasteiger charge is -2.36. The van der Waals surface area contributed by atoms with Crippen LogP contribution in [0.3, 0.4) is 0 Å². The second kappa shape index (κ2) is 12.6. The number of carbonyl (C=O) groups is 1. The molecule has 6 nitrogen and oxygen atoms in total. The number of aromatic nitrogens is 1. The first-order valence-corrected chi connectivity index (χ1v) is 15.4. The van der Waals surface area contributed by atoms with E-state index in [9.17, 15) is 14.9 Å². The van der Waals surface area contributed by atoms with Gasteiger partial charge in [-0.3, -0.25) is 19.1 Å². The number of thioether (sulfide) groups is 1. The van der Waals surface area contributed by atoms with Gasteiger partial charge in [-0.05, 0) is 67.9 Å². The van der Waals surface area contributed by atoms with Gasteiger partial charge in [0, 0.05) is 30.2 Å². The monoisotopic (exact) mass is 602 g/mol. The molecular formula is C32H31ClN4O2S2. The summed E-state index contributed by atoms with van der Waals surface area (Å²) in [7, 11) is 0. The van der Waals surface area contributed by atoms with Crippen LogP contribution < -0.4 is 10.5 Å². The first-order chi connectivity index (χ1) is 19.8. The largest absolute Gasteiger partial charge is 0.357 e. The normalized spacial score (nSPS) is 17.0. The zero-order valence-corrected chi connectivity index (χ0v) is 25.5. The molecule has 5 rings (SSSR count). The maximum absolute atomic E-state index is 13.6. The Morgan fingerprint density at radius 1 is 1.10 bits per heavy atom. The molecule has 0 atom stereocenters. The van der Waals surface area contributed by atoms with Crippen molar-refractivity contribution in [2.24, 2.45) is 5.92 Å². The van der Waals surface area contributed by atoms with Gasteiger partial charge in [0.2, 0.25) is 0 Å². The minimum Gasteiger partial charge on any atom is -0.357 e. The fourth-order valence-electron chi connectivity index (χ4n) is 5.64. The van der Waals surface area contributed by atoms with Gasteiger partial charge >= 0.3 is 0 Å². The van der Waals surface area contributed by atoms with Crippen LogP contribution in [0.5, 0.6) is 0 Å². The van der Waals surface area contributed by atoms with Crippen LogP contribution in [0, 0.1) is 24.2 Å². The fourth-order valence-corrected chi connectivity index (χ4v) is 7.07. The van der Waals surface area contributed by atoms with Gasteiger partial charge in [0.25, 0.3) is 11.5 Å². The van der Waals surface area contributed by atoms with Crippen LogP contribution in [-0.2, 0) is 24.3 Å². The number of hydrogen-bond donors (Lipinski definition) is 0. The number of hydrogen-bond acceptors (Lipinski definition) is 6. The van der Waals surface area contributed by atoms with E-state index in [1.54, 1.807) is 22.5 Å². The Hall–Kier alpha value is -3.38. The highest BCUT2D eigenvalue weighted by atomic mass is 35.5. The first kappa shape index (κ1) is 29.1. The van der Waals surface area contributed by atoms with Crippen LogP contribution in [0.25, 0.3) is 6.08 Å². The number of amides is 1. The van der Waals surface area contributed by atoms with Gasteiger partial charge in [0.1, 0.15) is 21.8 Å². The third-order valence-electron chi connectivity index (χ3n) is 7.88. The molecule has 9 heteroatoms. The van der Waals surface area contributed by atoms with Gasteiger partial charge in [0.05, 0.1) is 11.4 Å². The van der Waals surface area contributed by atoms with Crippen LogP contribution in [0.15, 0.2) is 64.3 Å². The first-order valence-electron chi connectivity index (χ1n) is 13.8. The number of pyridine rings is 1. The molecule has 2 aromatic carbocycles. The Morgan fingerprint density at radius 3 is 2.44 bits per heavy atom. The molecule has 0 N–H and O–H groups in total. The Bertz CT molecular complexity index is 1620. The number of benzene rings is 2. The Morgan fingerprint density at radius 2 is 1.78 bits per heavy atom. The van der Waals surface area contributed by atoms with Crippen molar-refractivity contribution in [1.82, 2.24) is 9.47 Å². The molecule has 1 aromatic heterocycles. The maximum Gasteiger partial charge on any atom is 0.270 e. The average Bonchev–Trinajstić information content (AvgIpc) is 3.24. The number of anilines is 1. The summed E-state index contributed by atoms with van der Waals surface area (Å²) in [5, 5.41) is 10.5. The standard InChI is InChI=1S/C32H31ClN4O2S2/c1-3-36-29(35-15-13-23(14-16-35)17-22-9-5-4-6-10-22)25(21(2)26(19-34)30(36)38)18-28-31(39)37(32(40)41-28)20-24-11-7-8-12-27(24)33/h4-12,18,23H,3,13-17,20H2,1-2H3/b28-18+. The van der Waals surface area contributed by atoms with Gasteiger partial charge in [-0.15, -0.1) is 0 Å². The molecule has 2 saturated heterocycles. The van der Waals surface area contributed by atoms with Crippen LogP contribution >= 0.6 is 35.6 Å². The molecule has 2 aliphatic rings. The smallest absolute Gasteiger partial charge is 0.270 e. The summed E-state index contributed by atoms with van der Waals surface area (Å²) in [4.78, 5) is 31.2. The molecule has 0 unspecified atom stereocenters. The number of thiocarbonyl (C=S) groups is 1. The van der Waals surface area contributed by atoms with E-state index >= 15 is 0 Å². The summed E-state index contributed by atoms with van der Waals surface area (Å²) in [5.41, 5.74) is 3.27. The quantitative estimate of drug-likeness (QED) is 0.225. The molecule has 3 aromatic rings. The third-order valence-corrected chi connectivity index (χ3v) is 9.63. The summed E-state index contributed by atoms with van der Waals surface area (Å²) in [5.74, 6) is 1.11. The summed E-state index contributed by atoms with van der Waals surface area (Å²) in [6.07, 6.45) is 4.83. The van der Waals surface area contributed by atoms with Crippen LogP contribution in [0.2, 0.25) is 5.02 Å². The zero-order valence-electron chi connectivity index (χ0n) is 23.1. The lowest BCUT2D eigenvalue weighted by Crippen LogP contribution is -2.39. The van der Waals surface area contributed by atoms with E-state index in [0.717, 1.165) is 49.3 Å². The number of carbonyl (C=O) groups excluding carboxylic acids is 1. The fraction of sp³-hybridized carbons (Fsp3) is 0.312. The van der Waals surface area contributed by atoms with Crippen LogP contribution in [-0.4, -0.2) is 32.8 Å². The van der Waals surface area contributed by atoms with Crippen molar-refractivity contribution in [2.75, 3.05) is 18.0 Å². The zero-order chi connectivity index (χ0) is 29.1. The highest BCUT2D eigenvalue weighted by molar-refractivity contribution is 8.26. The van der Waals surface area contributed by atoms with Crippen molar-refractivity contribution in [1.29, 1.82) is 5.26 Å². The van der Waals surface area contributed by atoms with Gasteiger partial charge in [0.15, 0.2) is 0 Å². The number of nitriles is 1. The van der Waals surface area contributed by atoms with Gasteiger partial charge in [-0.2, -0.15) is 5.26 Å². The molecule has 0 spiro atoms. The Balaban J connectivity index is 1.49. The second-order valence-corrected chi connectivity index (χ2v) is 12.5. The van der Waals surface area contributed by atoms with Crippen molar-refractivity contribution in [3.8, 4) is 6.07 Å². The molecule has 2 aliphatic heterocycles. The summed E-state index contributed by atoms with van der Waals surface area (Å²) < 4.78 is 2.13. The maximum atomic E-state index is 13.6. The molecule has 41 heavy (non-hydrogen) atoms. The molecular weight excluding hydrogens is 572 g/mol. The van der Waals surface area contributed by atoms with Crippen molar-refractivity contribution in [3.63, 3.8) is 0 Å². The predicted molar refractivity (Wildman–Crippen MR) is 171 cm³/mol. The number of rotatable bonds is 7. The van der Waals surface area contributed by atoms with E-state index in [0.29, 0.717) is 32.3 Å². The predicted octanol–water partition coefficient (Wildman–Crippen LogP) is 6.56. The minimum atomic E-state index is -0.294. The number of piperidine rings is 1. The molecule has 0 radical (unpaired) electrons. The lowest BCUT2D eigenvalue weighted by atomic mass is 9.90. The summed E-state index contributed by atoms with van der Waals surface area (Å²) in [6.45, 7) is 5.98. The van der Waals surface area contributed by atoms with Crippen LogP contribution in [0.4, 0.5) is 5.82 Å². The molecule has 0 saturated carbocycles. The third kappa shape index (κ3) is 5.99. The van der Waals surface area contributed by atoms with Crippen molar-refractivity contribution >= 4 is 57.7 Å². The van der Waals surface area contributed by atoms with E-state index in [4.69, 9.17) is 23.8 Å². The van der Waals surface area contributed by atoms with Gasteiger partial charge in [-0.1, -0.05) is 84.1 Å². The van der Waals surface area contributed by atoms with E-state index in [1.165, 1.54) is 17.3 Å². The summed E-state index contributed by atoms with van der Waals surface area (Å²) >= 11 is 13.2. The average molecular weight is 603 g/mol. The number of nitrogens with zero attached hydrogens (tertiary/aromatic N) is 4. The summed E-state index contributed by atoms with van der Waals surface area (Å²) in [6, 6.07) is 20.0. The SMILES string of the molecule is CCn1c(N2CCC(Cc3ccccc3)CC2)c(/C=C2/SC(=S)N(Cc3ccccc3Cl)C2=O)c(C)c(C#N)c1=O. The second-order valence-electron chi connectivity index (χ2n) is 10.4. The topological polar surface area (TPSA) is 69.3 Å². The van der Waals surface area contributed by atoms with E-state index in [-0.39, 0.29) is 23.6 Å². The molecule has 0 bridgehead atoms. The molecule has 1 amide bonds. The highest BCUT2D eigenvalue weighted by Crippen LogP contribution is 2.38. The molecule has 0 aliphatic carbocycles. The number of halogens is 1. The Labute approximate surface area is 255 Å². The van der Waals surface area contributed by atoms with E-state index < -0.39 is 0 Å². The molecule has 210 valence electrons. The van der Waals surface area contributed by atoms with E-state index in [1.807, 2.05) is 37.3 Å². The highest BCUT2D eigenvalue weighted by Gasteiger charge is 2.34. The van der Waals surface area contributed by atoms with Crippen molar-refractivity contribution in [2.45, 2.75) is 46.2 Å². The van der Waals surface area contributed by atoms with E-state index in [2.05, 4.69) is 35.2 Å². The van der Waals surface area contributed by atoms with Gasteiger partial charge in [-0.25, -0.2) is 0 Å². The van der Waals surface area contributed by atoms with Gasteiger partial charge < -0.3 is 4.90 Å². The molecule has 3 heterocycles. The minimum absolute atomic E-state index is 0.104. The lowest BCUT2D eigenvalue weighted by molar-refractivity contribution is -0.122. The van der Waals surface area contributed by atoms with Crippen molar-refractivity contribution in [3.05, 3.63) is 103 Å². The Kier molecular flexibility index (Phi) is 8.98. The van der Waals surface area contributed by atoms with Crippen LogP contribution in [0.1, 0.15) is 47.6 Å². The molecule has 2 fully saturated rings. The van der Waals surface area contributed by atoms with Crippen molar-refractivity contribution < 1.29 is 4.79 Å².